The van der Waals surface area contributed by atoms with E-state index < -0.39 is 27.4 Å². The molecule has 2 aromatic carbocycles. The van der Waals surface area contributed by atoms with Crippen LogP contribution < -0.4 is 9.46 Å². The molecule has 1 saturated carbocycles. The van der Waals surface area contributed by atoms with Crippen molar-refractivity contribution in [2.45, 2.75) is 50.5 Å². The Bertz CT molecular complexity index is 2160. The number of likely N-dealkylation sites (tertiary alicyclic amines) is 1. The van der Waals surface area contributed by atoms with Gasteiger partial charge in [0.2, 0.25) is 5.91 Å². The third-order valence-electron chi connectivity index (χ3n) is 11.1. The lowest BCUT2D eigenvalue weighted by molar-refractivity contribution is -0.140. The molecule has 2 aromatic heterocycles. The average molecular weight is 716 g/mol. The Morgan fingerprint density at radius 3 is 2.39 bits per heavy atom. The smallest absolute Gasteiger partial charge is 0.303 e. The van der Waals surface area contributed by atoms with Gasteiger partial charge < -0.3 is 23.7 Å². The summed E-state index contributed by atoms with van der Waals surface area (Å²) in [5, 5.41) is 0.968. The van der Waals surface area contributed by atoms with Gasteiger partial charge in [-0.1, -0.05) is 25.3 Å². The summed E-state index contributed by atoms with van der Waals surface area (Å²) in [6.07, 6.45) is 8.72. The van der Waals surface area contributed by atoms with Crippen molar-refractivity contribution in [2.24, 2.45) is 12.5 Å². The summed E-state index contributed by atoms with van der Waals surface area (Å²) in [4.78, 5) is 50.0. The number of methoxy groups -OCH3 is 1. The van der Waals surface area contributed by atoms with Crippen LogP contribution in [-0.2, 0) is 28.6 Å². The minimum Gasteiger partial charge on any atom is -0.497 e. The summed E-state index contributed by atoms with van der Waals surface area (Å²) >= 11 is 0. The Hall–Kier alpha value is -4.69. The molecule has 1 saturated heterocycles. The molecule has 1 aliphatic carbocycles. The van der Waals surface area contributed by atoms with Crippen LogP contribution in [0.4, 0.5) is 0 Å². The molecular formula is C37H45N7O6S. The first kappa shape index (κ1) is 34.7. The molecule has 7 rings (SSSR count). The molecule has 51 heavy (non-hydrogen) atoms. The maximum absolute atomic E-state index is 14.8. The second-order valence-electron chi connectivity index (χ2n) is 14.5. The van der Waals surface area contributed by atoms with E-state index in [2.05, 4.69) is 20.3 Å². The lowest BCUT2D eigenvalue weighted by Gasteiger charge is -2.35. The predicted molar refractivity (Wildman–Crippen MR) is 193 cm³/mol. The topological polar surface area (TPSA) is 139 Å². The summed E-state index contributed by atoms with van der Waals surface area (Å²) in [6.45, 7) is 0.675. The zero-order valence-corrected chi connectivity index (χ0v) is 30.8. The quantitative estimate of drug-likeness (QED) is 0.306. The van der Waals surface area contributed by atoms with E-state index in [9.17, 15) is 22.8 Å². The maximum Gasteiger partial charge on any atom is 0.303 e. The van der Waals surface area contributed by atoms with Gasteiger partial charge in [0.25, 0.3) is 11.8 Å². The lowest BCUT2D eigenvalue weighted by Crippen LogP contribution is -2.48. The van der Waals surface area contributed by atoms with Crippen LogP contribution in [0.2, 0.25) is 0 Å². The van der Waals surface area contributed by atoms with Gasteiger partial charge in [-0.3, -0.25) is 14.4 Å². The van der Waals surface area contributed by atoms with Crippen molar-refractivity contribution in [1.82, 2.24) is 32.9 Å². The van der Waals surface area contributed by atoms with Crippen LogP contribution in [0.1, 0.15) is 76.0 Å². The molecule has 4 aromatic rings. The minimum atomic E-state index is -4.04. The van der Waals surface area contributed by atoms with Gasteiger partial charge >= 0.3 is 10.2 Å². The van der Waals surface area contributed by atoms with Crippen molar-refractivity contribution < 1.29 is 27.5 Å². The van der Waals surface area contributed by atoms with Gasteiger partial charge in [-0.15, -0.1) is 0 Å². The SMILES string of the molecule is COc1ccc2c(c1)[C@H]1CN(C(=O)c3nccn3C)C[C@]1(C(=O)N(C)C)Cn1c-2c(C2CCCCC2)c2ccc(C(=O)NS(=O)(=O)N(C)C)cc21. The fourth-order valence-electron chi connectivity index (χ4n) is 8.56. The number of nitrogens with zero attached hydrogens (tertiary/aromatic N) is 6. The zero-order valence-electron chi connectivity index (χ0n) is 30.0. The first-order chi connectivity index (χ1) is 24.3. The lowest BCUT2D eigenvalue weighted by atomic mass is 9.72. The Morgan fingerprint density at radius 1 is 1.00 bits per heavy atom. The highest BCUT2D eigenvalue weighted by Crippen LogP contribution is 2.55. The van der Waals surface area contributed by atoms with Gasteiger partial charge in [0.1, 0.15) is 5.75 Å². The van der Waals surface area contributed by atoms with Crippen LogP contribution in [0.15, 0.2) is 48.8 Å². The number of hydrogen-bond acceptors (Lipinski definition) is 7. The van der Waals surface area contributed by atoms with Crippen molar-refractivity contribution >= 4 is 38.8 Å². The van der Waals surface area contributed by atoms with Crippen molar-refractivity contribution in [2.75, 3.05) is 48.4 Å². The van der Waals surface area contributed by atoms with E-state index in [1.165, 1.54) is 26.1 Å². The molecule has 0 radical (unpaired) electrons. The number of aromatic nitrogens is 3. The summed E-state index contributed by atoms with van der Waals surface area (Å²) in [6, 6.07) is 11.3. The number of hydrogen-bond donors (Lipinski definition) is 1. The fourth-order valence-corrected chi connectivity index (χ4v) is 9.10. The van der Waals surface area contributed by atoms with E-state index in [0.717, 1.165) is 57.7 Å². The van der Waals surface area contributed by atoms with Crippen molar-refractivity contribution in [3.8, 4) is 17.0 Å². The number of carbonyl (C=O) groups excluding carboxylic acids is 3. The van der Waals surface area contributed by atoms with Crippen LogP contribution in [0.25, 0.3) is 22.2 Å². The number of aryl methyl sites for hydroxylation is 1. The van der Waals surface area contributed by atoms with Crippen LogP contribution in [0, 0.1) is 5.41 Å². The van der Waals surface area contributed by atoms with Crippen LogP contribution >= 0.6 is 0 Å². The average Bonchev–Trinajstić information content (AvgIpc) is 3.79. The summed E-state index contributed by atoms with van der Waals surface area (Å²) in [7, 11) is 5.55. The molecule has 0 spiro atoms. The molecule has 3 aliphatic rings. The van der Waals surface area contributed by atoms with E-state index in [-0.39, 0.29) is 36.4 Å². The van der Waals surface area contributed by atoms with E-state index >= 15 is 0 Å². The highest BCUT2D eigenvalue weighted by molar-refractivity contribution is 7.87. The Balaban J connectivity index is 1.50. The molecular weight excluding hydrogens is 671 g/mol. The largest absolute Gasteiger partial charge is 0.497 e. The number of benzene rings is 2. The van der Waals surface area contributed by atoms with Crippen molar-refractivity contribution in [3.63, 3.8) is 0 Å². The number of ether oxygens (including phenoxy) is 1. The van der Waals surface area contributed by atoms with E-state index in [1.54, 1.807) is 67.1 Å². The van der Waals surface area contributed by atoms with E-state index in [1.807, 2.05) is 18.2 Å². The third-order valence-corrected chi connectivity index (χ3v) is 12.5. The standard InChI is InChI=1S/C37H45N7O6S/c1-40(2)36(47)37-21-43(35(46)33-38-16-17-42(33)5)20-29(37)28-19-25(50-6)13-15-26(28)32-31(23-10-8-7-9-11-23)27-14-12-24(18-30(27)44(32)22-37)34(45)39-51(48,49)41(3)4/h12-19,23,29H,7-11,20-22H2,1-6H3,(H,39,45)/t29-,37+/m1/s1. The van der Waals surface area contributed by atoms with Crippen molar-refractivity contribution in [1.29, 1.82) is 0 Å². The van der Waals surface area contributed by atoms with Gasteiger partial charge in [0.05, 0.1) is 18.2 Å². The van der Waals surface area contributed by atoms with E-state index in [0.29, 0.717) is 18.1 Å². The Kier molecular flexibility index (Phi) is 8.73. The van der Waals surface area contributed by atoms with Gasteiger partial charge in [0.15, 0.2) is 5.82 Å². The molecule has 270 valence electrons. The number of imidazole rings is 1. The number of amides is 3. The zero-order chi connectivity index (χ0) is 36.4. The number of fused-ring (bicyclic) bond motifs is 7. The van der Waals surface area contributed by atoms with Gasteiger partial charge in [-0.2, -0.15) is 12.7 Å². The van der Waals surface area contributed by atoms with Crippen LogP contribution in [0.5, 0.6) is 5.75 Å². The molecule has 14 heteroatoms. The Morgan fingerprint density at radius 2 is 1.75 bits per heavy atom. The first-order valence-electron chi connectivity index (χ1n) is 17.3. The monoisotopic (exact) mass is 715 g/mol. The predicted octanol–water partition coefficient (Wildman–Crippen LogP) is 3.96. The van der Waals surface area contributed by atoms with Crippen LogP contribution in [-0.4, -0.2) is 103 Å². The number of rotatable bonds is 7. The summed E-state index contributed by atoms with van der Waals surface area (Å²) in [5.41, 5.74) is 3.88. The van der Waals surface area contributed by atoms with Gasteiger partial charge in [-0.05, 0) is 60.2 Å². The van der Waals surface area contributed by atoms with E-state index in [4.69, 9.17) is 4.74 Å². The molecule has 13 nitrogen and oxygen atoms in total. The first-order valence-corrected chi connectivity index (χ1v) is 18.8. The molecule has 0 bridgehead atoms. The second-order valence-corrected chi connectivity index (χ2v) is 16.4. The maximum atomic E-state index is 14.8. The highest BCUT2D eigenvalue weighted by Gasteiger charge is 2.57. The normalized spacial score (nSPS) is 20.5. The molecule has 2 atom stereocenters. The summed E-state index contributed by atoms with van der Waals surface area (Å²) in [5.74, 6) is -0.320. The molecule has 2 fully saturated rings. The number of carbonyl (C=O) groups is 3. The molecule has 3 amide bonds. The third kappa shape index (κ3) is 5.68. The highest BCUT2D eigenvalue weighted by atomic mass is 32.2. The fraction of sp³-hybridized carbons (Fsp3) is 0.459. The summed E-state index contributed by atoms with van der Waals surface area (Å²) < 4.78 is 38.0. The van der Waals surface area contributed by atoms with Gasteiger partial charge in [0, 0.05) is 95.2 Å². The second kappa shape index (κ2) is 12.8. The molecule has 4 heterocycles. The van der Waals surface area contributed by atoms with Gasteiger partial charge in [-0.25, -0.2) is 9.71 Å². The molecule has 2 aliphatic heterocycles. The molecule has 1 N–H and O–H groups in total. The van der Waals surface area contributed by atoms with Crippen LogP contribution in [0.3, 0.4) is 0 Å². The molecule has 0 unspecified atom stereocenters. The van der Waals surface area contributed by atoms with Crippen molar-refractivity contribution in [3.05, 3.63) is 71.3 Å². The number of nitrogens with one attached hydrogen (secondary N) is 1. The Labute approximate surface area is 298 Å². The minimum absolute atomic E-state index is 0.115.